The molecule has 92 valence electrons. The maximum absolute atomic E-state index is 11.7. The summed E-state index contributed by atoms with van der Waals surface area (Å²) in [7, 11) is 0. The van der Waals surface area contributed by atoms with Gasteiger partial charge in [0, 0.05) is 13.1 Å². The van der Waals surface area contributed by atoms with Gasteiger partial charge in [-0.3, -0.25) is 0 Å². The number of carbonyl (C=O) groups excluding carboxylic acids is 2. The third-order valence-electron chi connectivity index (χ3n) is 3.14. The minimum Gasteiger partial charge on any atom is -0.548 e. The predicted octanol–water partition coefficient (Wildman–Crippen LogP) is -0.0436. The lowest BCUT2D eigenvalue weighted by molar-refractivity contribution is -0.309. The number of carboxylic acid groups (broad SMARTS) is 1. The van der Waals surface area contributed by atoms with Crippen molar-refractivity contribution in [1.29, 1.82) is 0 Å². The number of hydrogen-bond donors (Lipinski definition) is 1. The normalized spacial score (nSPS) is 19.2. The Morgan fingerprint density at radius 1 is 1.38 bits per heavy atom. The Balaban J connectivity index is 2.53. The van der Waals surface area contributed by atoms with Crippen molar-refractivity contribution in [2.75, 3.05) is 13.1 Å². The van der Waals surface area contributed by atoms with E-state index in [0.29, 0.717) is 19.5 Å². The van der Waals surface area contributed by atoms with Gasteiger partial charge in [-0.2, -0.15) is 0 Å². The van der Waals surface area contributed by atoms with Crippen LogP contribution in [0.5, 0.6) is 0 Å². The lowest BCUT2D eigenvalue weighted by Gasteiger charge is -2.27. The zero-order chi connectivity index (χ0) is 12.1. The number of carboxylic acids is 1. The van der Waals surface area contributed by atoms with Crippen LogP contribution in [-0.4, -0.2) is 36.0 Å². The summed E-state index contributed by atoms with van der Waals surface area (Å²) < 4.78 is 0. The van der Waals surface area contributed by atoms with Crippen molar-refractivity contribution in [1.82, 2.24) is 10.2 Å². The van der Waals surface area contributed by atoms with Crippen LogP contribution in [0.4, 0.5) is 4.79 Å². The van der Waals surface area contributed by atoms with E-state index < -0.39 is 12.0 Å². The minimum atomic E-state index is -1.21. The molecule has 0 aromatic heterocycles. The molecule has 1 aliphatic heterocycles. The van der Waals surface area contributed by atoms with Crippen LogP contribution in [0.2, 0.25) is 0 Å². The van der Waals surface area contributed by atoms with Crippen molar-refractivity contribution in [3.63, 3.8) is 0 Å². The SMILES string of the molecule is CC[C@@H](C)[C@H](NC(=O)N1CCCC1)C(=O)[O-]. The number of urea groups is 1. The Morgan fingerprint density at radius 3 is 2.38 bits per heavy atom. The van der Waals surface area contributed by atoms with Gasteiger partial charge in [-0.15, -0.1) is 0 Å². The summed E-state index contributed by atoms with van der Waals surface area (Å²) in [4.78, 5) is 24.3. The van der Waals surface area contributed by atoms with Gasteiger partial charge in [0.05, 0.1) is 12.0 Å². The number of rotatable bonds is 4. The zero-order valence-electron chi connectivity index (χ0n) is 9.86. The topological polar surface area (TPSA) is 72.5 Å². The molecule has 0 radical (unpaired) electrons. The lowest BCUT2D eigenvalue weighted by atomic mass is 9.99. The second-order valence-corrected chi connectivity index (χ2v) is 4.33. The van der Waals surface area contributed by atoms with E-state index >= 15 is 0 Å². The molecule has 0 unspecified atom stereocenters. The van der Waals surface area contributed by atoms with E-state index in [1.54, 1.807) is 11.8 Å². The van der Waals surface area contributed by atoms with Crippen LogP contribution >= 0.6 is 0 Å². The molecule has 0 bridgehead atoms. The monoisotopic (exact) mass is 227 g/mol. The Labute approximate surface area is 95.8 Å². The Hall–Kier alpha value is -1.26. The number of carbonyl (C=O) groups is 2. The summed E-state index contributed by atoms with van der Waals surface area (Å²) in [5.41, 5.74) is 0. The number of nitrogens with one attached hydrogen (secondary N) is 1. The summed E-state index contributed by atoms with van der Waals surface area (Å²) in [5, 5.41) is 13.4. The largest absolute Gasteiger partial charge is 0.548 e. The quantitative estimate of drug-likeness (QED) is 0.732. The van der Waals surface area contributed by atoms with Crippen LogP contribution in [0, 0.1) is 5.92 Å². The third kappa shape index (κ3) is 3.12. The predicted molar refractivity (Wildman–Crippen MR) is 57.6 cm³/mol. The van der Waals surface area contributed by atoms with Crippen molar-refractivity contribution >= 4 is 12.0 Å². The Bertz CT molecular complexity index is 262. The van der Waals surface area contributed by atoms with Crippen molar-refractivity contribution in [2.24, 2.45) is 5.92 Å². The highest BCUT2D eigenvalue weighted by atomic mass is 16.4. The molecule has 5 heteroatoms. The van der Waals surface area contributed by atoms with Gasteiger partial charge in [-0.1, -0.05) is 20.3 Å². The highest BCUT2D eigenvalue weighted by molar-refractivity contribution is 5.81. The van der Waals surface area contributed by atoms with Crippen molar-refractivity contribution in [3.8, 4) is 0 Å². The summed E-state index contributed by atoms with van der Waals surface area (Å²) in [6, 6.07) is -1.18. The molecule has 1 N–H and O–H groups in total. The molecular formula is C11H19N2O3-. The summed E-state index contributed by atoms with van der Waals surface area (Å²) in [6.45, 7) is 5.12. The maximum Gasteiger partial charge on any atom is 0.317 e. The van der Waals surface area contributed by atoms with E-state index in [1.165, 1.54) is 0 Å². The van der Waals surface area contributed by atoms with E-state index in [4.69, 9.17) is 0 Å². The van der Waals surface area contributed by atoms with Gasteiger partial charge in [0.15, 0.2) is 0 Å². The zero-order valence-corrected chi connectivity index (χ0v) is 9.86. The second-order valence-electron chi connectivity index (χ2n) is 4.33. The third-order valence-corrected chi connectivity index (χ3v) is 3.14. The van der Waals surface area contributed by atoms with E-state index in [-0.39, 0.29) is 11.9 Å². The first kappa shape index (κ1) is 12.8. The average molecular weight is 227 g/mol. The van der Waals surface area contributed by atoms with Crippen LogP contribution in [-0.2, 0) is 4.79 Å². The molecular weight excluding hydrogens is 208 g/mol. The molecule has 1 saturated heterocycles. The molecule has 1 fully saturated rings. The molecule has 0 aromatic carbocycles. The number of hydrogen-bond acceptors (Lipinski definition) is 3. The molecule has 1 heterocycles. The molecule has 0 saturated carbocycles. The molecule has 0 aromatic rings. The summed E-state index contributed by atoms with van der Waals surface area (Å²) >= 11 is 0. The highest BCUT2D eigenvalue weighted by Crippen LogP contribution is 2.10. The molecule has 0 aliphatic carbocycles. The van der Waals surface area contributed by atoms with Gasteiger partial charge in [-0.05, 0) is 18.8 Å². The fourth-order valence-electron chi connectivity index (χ4n) is 1.81. The average Bonchev–Trinajstić information content (AvgIpc) is 2.77. The van der Waals surface area contributed by atoms with Gasteiger partial charge >= 0.3 is 6.03 Å². The van der Waals surface area contributed by atoms with Crippen molar-refractivity contribution < 1.29 is 14.7 Å². The van der Waals surface area contributed by atoms with Crippen LogP contribution in [0.15, 0.2) is 0 Å². The van der Waals surface area contributed by atoms with E-state index in [9.17, 15) is 14.7 Å². The summed E-state index contributed by atoms with van der Waals surface area (Å²) in [6.07, 6.45) is 2.68. The number of likely N-dealkylation sites (tertiary alicyclic amines) is 1. The molecule has 2 atom stereocenters. The molecule has 0 spiro atoms. The smallest absolute Gasteiger partial charge is 0.317 e. The lowest BCUT2D eigenvalue weighted by Crippen LogP contribution is -2.54. The van der Waals surface area contributed by atoms with Gasteiger partial charge in [-0.25, -0.2) is 4.79 Å². The highest BCUT2D eigenvalue weighted by Gasteiger charge is 2.24. The van der Waals surface area contributed by atoms with E-state index in [0.717, 1.165) is 12.8 Å². The molecule has 16 heavy (non-hydrogen) atoms. The Kier molecular flexibility index (Phi) is 4.58. The molecule has 5 nitrogen and oxygen atoms in total. The van der Waals surface area contributed by atoms with Crippen LogP contribution in [0.25, 0.3) is 0 Å². The first-order valence-electron chi connectivity index (χ1n) is 5.82. The maximum atomic E-state index is 11.7. The van der Waals surface area contributed by atoms with Crippen molar-refractivity contribution in [2.45, 2.75) is 39.2 Å². The van der Waals surface area contributed by atoms with Gasteiger partial charge in [0.1, 0.15) is 0 Å². The first-order valence-corrected chi connectivity index (χ1v) is 5.82. The van der Waals surface area contributed by atoms with Crippen molar-refractivity contribution in [3.05, 3.63) is 0 Å². The van der Waals surface area contributed by atoms with Gasteiger partial charge in [0.2, 0.25) is 0 Å². The van der Waals surface area contributed by atoms with E-state index in [2.05, 4.69) is 5.32 Å². The van der Waals surface area contributed by atoms with Gasteiger partial charge < -0.3 is 20.1 Å². The van der Waals surface area contributed by atoms with Gasteiger partial charge in [0.25, 0.3) is 0 Å². The van der Waals surface area contributed by atoms with E-state index in [1.807, 2.05) is 6.92 Å². The number of amides is 2. The number of nitrogens with zero attached hydrogens (tertiary/aromatic N) is 1. The minimum absolute atomic E-state index is 0.114. The van der Waals surface area contributed by atoms with Crippen LogP contribution in [0.1, 0.15) is 33.1 Å². The standard InChI is InChI=1S/C11H20N2O3/c1-3-8(2)9(10(14)15)12-11(16)13-6-4-5-7-13/h8-9H,3-7H2,1-2H3,(H,12,16)(H,14,15)/p-1/t8-,9+/m1/s1. The summed E-state index contributed by atoms with van der Waals surface area (Å²) in [5.74, 6) is -1.32. The molecule has 1 aliphatic rings. The molecule has 2 amide bonds. The second kappa shape index (κ2) is 5.72. The van der Waals surface area contributed by atoms with Crippen LogP contribution < -0.4 is 10.4 Å². The van der Waals surface area contributed by atoms with Crippen LogP contribution in [0.3, 0.4) is 0 Å². The molecule has 1 rings (SSSR count). The fraction of sp³-hybridized carbons (Fsp3) is 0.818. The number of aliphatic carboxylic acids is 1. The Morgan fingerprint density at radius 2 is 1.94 bits per heavy atom. The first-order chi connectivity index (χ1) is 7.56. The fourth-order valence-corrected chi connectivity index (χ4v) is 1.81.